The molecular weight excluding hydrogens is 228 g/mol. The van der Waals surface area contributed by atoms with E-state index in [4.69, 9.17) is 0 Å². The van der Waals surface area contributed by atoms with Crippen LogP contribution in [0.1, 0.15) is 44.6 Å². The van der Waals surface area contributed by atoms with Crippen molar-refractivity contribution in [2.75, 3.05) is 18.4 Å². The highest BCUT2D eigenvalue weighted by atomic mass is 16.1. The van der Waals surface area contributed by atoms with Crippen molar-refractivity contribution in [1.29, 1.82) is 0 Å². The number of hydrogen-bond acceptors (Lipinski definition) is 4. The van der Waals surface area contributed by atoms with Crippen molar-refractivity contribution in [2.45, 2.75) is 34.1 Å². The van der Waals surface area contributed by atoms with Gasteiger partial charge < -0.3 is 10.6 Å². The Morgan fingerprint density at radius 2 is 2.00 bits per heavy atom. The molecule has 0 atom stereocenters. The Bertz CT molecular complexity index is 386. The van der Waals surface area contributed by atoms with Crippen LogP contribution in [0.15, 0.2) is 12.1 Å². The first-order chi connectivity index (χ1) is 8.48. The summed E-state index contributed by atoms with van der Waals surface area (Å²) in [7, 11) is 0. The van der Waals surface area contributed by atoms with Crippen LogP contribution in [0.2, 0.25) is 0 Å². The molecule has 0 fully saturated rings. The quantitative estimate of drug-likeness (QED) is 0.811. The number of amides is 1. The summed E-state index contributed by atoms with van der Waals surface area (Å²) in [6, 6.07) is 3.44. The summed E-state index contributed by atoms with van der Waals surface area (Å²) in [6.45, 7) is 9.75. The number of carbonyl (C=O) groups excluding carboxylic acids is 1. The number of carbonyl (C=O) groups is 1. The normalized spacial score (nSPS) is 11.1. The van der Waals surface area contributed by atoms with Gasteiger partial charge in [0.2, 0.25) is 0 Å². The Morgan fingerprint density at radius 3 is 2.50 bits per heavy atom. The van der Waals surface area contributed by atoms with Gasteiger partial charge in [-0.1, -0.05) is 20.8 Å². The molecule has 0 aliphatic heterocycles. The maximum absolute atomic E-state index is 11.8. The molecule has 1 heterocycles. The van der Waals surface area contributed by atoms with E-state index in [-0.39, 0.29) is 11.3 Å². The fraction of sp³-hybridized carbons (Fsp3) is 0.615. The minimum absolute atomic E-state index is 0.104. The first-order valence-corrected chi connectivity index (χ1v) is 6.34. The number of nitrogens with zero attached hydrogens (tertiary/aromatic N) is 2. The Morgan fingerprint density at radius 1 is 1.28 bits per heavy atom. The largest absolute Gasteiger partial charge is 0.369 e. The van der Waals surface area contributed by atoms with E-state index in [1.165, 1.54) is 0 Å². The van der Waals surface area contributed by atoms with E-state index in [2.05, 4.69) is 41.6 Å². The van der Waals surface area contributed by atoms with Gasteiger partial charge in [0, 0.05) is 13.1 Å². The second-order valence-electron chi connectivity index (χ2n) is 5.03. The average Bonchev–Trinajstić information content (AvgIpc) is 2.37. The minimum Gasteiger partial charge on any atom is -0.369 e. The molecule has 18 heavy (non-hydrogen) atoms. The summed E-state index contributed by atoms with van der Waals surface area (Å²) < 4.78 is 0. The zero-order chi connectivity index (χ0) is 13.6. The van der Waals surface area contributed by atoms with Crippen molar-refractivity contribution >= 4 is 11.7 Å². The van der Waals surface area contributed by atoms with E-state index in [0.29, 0.717) is 18.1 Å². The molecular formula is C13H22N4O. The topological polar surface area (TPSA) is 66.9 Å². The summed E-state index contributed by atoms with van der Waals surface area (Å²) in [5.74, 6) is 0.509. The third-order valence-electron chi connectivity index (χ3n) is 2.94. The van der Waals surface area contributed by atoms with Crippen LogP contribution in [0.5, 0.6) is 0 Å². The summed E-state index contributed by atoms with van der Waals surface area (Å²) >= 11 is 0. The highest BCUT2D eigenvalue weighted by molar-refractivity contribution is 5.92. The molecule has 1 aromatic rings. The van der Waals surface area contributed by atoms with E-state index < -0.39 is 0 Å². The second kappa shape index (κ2) is 6.33. The molecule has 0 bridgehead atoms. The molecule has 1 aromatic heterocycles. The highest BCUT2D eigenvalue weighted by Gasteiger charge is 2.17. The molecule has 1 amide bonds. The van der Waals surface area contributed by atoms with Crippen LogP contribution < -0.4 is 10.6 Å². The van der Waals surface area contributed by atoms with Gasteiger partial charge in [-0.05, 0) is 30.9 Å². The third-order valence-corrected chi connectivity index (χ3v) is 2.94. The SMILES string of the molecule is CCNc1ccc(C(=O)NCC(C)(C)CC)nn1. The lowest BCUT2D eigenvalue weighted by Gasteiger charge is -2.22. The maximum atomic E-state index is 11.8. The molecule has 5 nitrogen and oxygen atoms in total. The standard InChI is InChI=1S/C13H22N4O/c1-5-13(3,4)9-15-12(18)10-7-8-11(14-6-2)17-16-10/h7-8H,5-6,9H2,1-4H3,(H,14,17)(H,15,18). The van der Waals surface area contributed by atoms with Crippen LogP contribution in [-0.2, 0) is 0 Å². The average molecular weight is 250 g/mol. The fourth-order valence-corrected chi connectivity index (χ4v) is 1.26. The van der Waals surface area contributed by atoms with Crippen LogP contribution in [0.3, 0.4) is 0 Å². The number of rotatable bonds is 6. The summed E-state index contributed by atoms with van der Waals surface area (Å²) in [5, 5.41) is 13.7. The van der Waals surface area contributed by atoms with Crippen molar-refractivity contribution < 1.29 is 4.79 Å². The van der Waals surface area contributed by atoms with Gasteiger partial charge in [0.25, 0.3) is 5.91 Å². The molecule has 0 saturated heterocycles. The first-order valence-electron chi connectivity index (χ1n) is 6.34. The van der Waals surface area contributed by atoms with Crippen LogP contribution in [0.4, 0.5) is 5.82 Å². The zero-order valence-electron chi connectivity index (χ0n) is 11.6. The fourth-order valence-electron chi connectivity index (χ4n) is 1.26. The number of hydrogen-bond donors (Lipinski definition) is 2. The number of aromatic nitrogens is 2. The van der Waals surface area contributed by atoms with Crippen LogP contribution in [0.25, 0.3) is 0 Å². The summed E-state index contributed by atoms with van der Waals surface area (Å²) in [5.41, 5.74) is 0.454. The van der Waals surface area contributed by atoms with E-state index in [1.54, 1.807) is 12.1 Å². The lowest BCUT2D eigenvalue weighted by molar-refractivity contribution is 0.0929. The van der Waals surface area contributed by atoms with Crippen LogP contribution >= 0.6 is 0 Å². The van der Waals surface area contributed by atoms with Gasteiger partial charge in [0.15, 0.2) is 5.69 Å². The molecule has 0 radical (unpaired) electrons. The Hall–Kier alpha value is -1.65. The summed E-state index contributed by atoms with van der Waals surface area (Å²) in [6.07, 6.45) is 1.01. The Kier molecular flexibility index (Phi) is 5.07. The van der Waals surface area contributed by atoms with Gasteiger partial charge in [-0.15, -0.1) is 10.2 Å². The van der Waals surface area contributed by atoms with Crippen molar-refractivity contribution in [1.82, 2.24) is 15.5 Å². The van der Waals surface area contributed by atoms with Gasteiger partial charge in [0.1, 0.15) is 5.82 Å². The van der Waals surface area contributed by atoms with Crippen molar-refractivity contribution in [3.63, 3.8) is 0 Å². The molecule has 100 valence electrons. The Balaban J connectivity index is 2.56. The molecule has 5 heteroatoms. The summed E-state index contributed by atoms with van der Waals surface area (Å²) in [4.78, 5) is 11.8. The third kappa shape index (κ3) is 4.31. The number of anilines is 1. The second-order valence-corrected chi connectivity index (χ2v) is 5.03. The van der Waals surface area contributed by atoms with E-state index in [1.807, 2.05) is 6.92 Å². The van der Waals surface area contributed by atoms with E-state index >= 15 is 0 Å². The van der Waals surface area contributed by atoms with Crippen LogP contribution in [0, 0.1) is 5.41 Å². The first kappa shape index (κ1) is 14.4. The maximum Gasteiger partial charge on any atom is 0.271 e. The molecule has 0 aromatic carbocycles. The minimum atomic E-state index is -0.174. The van der Waals surface area contributed by atoms with Crippen molar-refractivity contribution in [3.05, 3.63) is 17.8 Å². The molecule has 0 spiro atoms. The zero-order valence-corrected chi connectivity index (χ0v) is 11.6. The van der Waals surface area contributed by atoms with Gasteiger partial charge in [-0.2, -0.15) is 0 Å². The predicted octanol–water partition coefficient (Wildman–Crippen LogP) is 2.07. The molecule has 2 N–H and O–H groups in total. The van der Waals surface area contributed by atoms with Gasteiger partial charge in [-0.3, -0.25) is 4.79 Å². The smallest absolute Gasteiger partial charge is 0.271 e. The van der Waals surface area contributed by atoms with Crippen LogP contribution in [-0.4, -0.2) is 29.2 Å². The van der Waals surface area contributed by atoms with Gasteiger partial charge in [-0.25, -0.2) is 0 Å². The van der Waals surface area contributed by atoms with E-state index in [9.17, 15) is 4.79 Å². The molecule has 0 aliphatic carbocycles. The molecule has 0 saturated carbocycles. The van der Waals surface area contributed by atoms with Crippen molar-refractivity contribution in [2.24, 2.45) is 5.41 Å². The molecule has 0 aliphatic rings. The monoisotopic (exact) mass is 250 g/mol. The van der Waals surface area contributed by atoms with Gasteiger partial charge in [0.05, 0.1) is 0 Å². The molecule has 0 unspecified atom stereocenters. The lowest BCUT2D eigenvalue weighted by atomic mass is 9.90. The van der Waals surface area contributed by atoms with Gasteiger partial charge >= 0.3 is 0 Å². The molecule has 1 rings (SSSR count). The number of nitrogens with one attached hydrogen (secondary N) is 2. The highest BCUT2D eigenvalue weighted by Crippen LogP contribution is 2.17. The van der Waals surface area contributed by atoms with E-state index in [0.717, 1.165) is 13.0 Å². The van der Waals surface area contributed by atoms with Crippen molar-refractivity contribution in [3.8, 4) is 0 Å². The lowest BCUT2D eigenvalue weighted by Crippen LogP contribution is -2.34. The predicted molar refractivity (Wildman–Crippen MR) is 72.6 cm³/mol. The Labute approximate surface area is 108 Å².